The quantitative estimate of drug-likeness (QED) is 0.508. The molecule has 10 heteroatoms. The molecule has 2 amide bonds. The highest BCUT2D eigenvalue weighted by Gasteiger charge is 2.19. The third-order valence-electron chi connectivity index (χ3n) is 4.17. The van der Waals surface area contributed by atoms with Gasteiger partial charge in [-0.1, -0.05) is 35.0 Å². The van der Waals surface area contributed by atoms with Crippen molar-refractivity contribution in [1.82, 2.24) is 20.1 Å². The molecule has 0 aliphatic carbocycles. The van der Waals surface area contributed by atoms with Gasteiger partial charge in [0.05, 0.1) is 11.8 Å². The molecule has 0 spiro atoms. The molecule has 1 aromatic heterocycles. The van der Waals surface area contributed by atoms with Crippen molar-refractivity contribution in [3.8, 4) is 0 Å². The number of hydrogen-bond donors (Lipinski definition) is 2. The molecule has 2 N–H and O–H groups in total. The number of aromatic nitrogens is 3. The number of thioether (sulfide) groups is 1. The second kappa shape index (κ2) is 9.97. The standard InChI is InChI=1S/C20H19Cl2N5O2S/c1-12(23-19(29)13-3-5-14(21)6-4-13)18-25-26-20(27(18)2)30-11-17(28)24-16-9-7-15(22)8-10-16/h3-10,12H,11H2,1-2H3,(H,23,29)(H,24,28)/t12-/m0/s1. The monoisotopic (exact) mass is 463 g/mol. The molecule has 30 heavy (non-hydrogen) atoms. The van der Waals surface area contributed by atoms with Crippen LogP contribution in [0.25, 0.3) is 0 Å². The van der Waals surface area contributed by atoms with E-state index >= 15 is 0 Å². The lowest BCUT2D eigenvalue weighted by Gasteiger charge is -2.13. The van der Waals surface area contributed by atoms with Gasteiger partial charge in [-0.25, -0.2) is 0 Å². The van der Waals surface area contributed by atoms with Crippen LogP contribution in [0.4, 0.5) is 5.69 Å². The first kappa shape index (κ1) is 22.1. The summed E-state index contributed by atoms with van der Waals surface area (Å²) in [7, 11) is 1.79. The molecule has 7 nitrogen and oxygen atoms in total. The molecule has 0 radical (unpaired) electrons. The van der Waals surface area contributed by atoms with E-state index in [0.717, 1.165) is 0 Å². The molecule has 156 valence electrons. The predicted octanol–water partition coefficient (Wildman–Crippen LogP) is 4.34. The molecule has 0 aliphatic rings. The minimum absolute atomic E-state index is 0.167. The van der Waals surface area contributed by atoms with E-state index in [0.29, 0.717) is 32.3 Å². The topological polar surface area (TPSA) is 88.9 Å². The van der Waals surface area contributed by atoms with Crippen LogP contribution in [0.3, 0.4) is 0 Å². The van der Waals surface area contributed by atoms with Gasteiger partial charge < -0.3 is 15.2 Å². The van der Waals surface area contributed by atoms with Gasteiger partial charge in [0.2, 0.25) is 5.91 Å². The summed E-state index contributed by atoms with van der Waals surface area (Å²) in [6, 6.07) is 13.1. The fraction of sp³-hybridized carbons (Fsp3) is 0.200. The average Bonchev–Trinajstić information content (AvgIpc) is 3.09. The van der Waals surface area contributed by atoms with E-state index in [1.54, 1.807) is 60.1 Å². The largest absolute Gasteiger partial charge is 0.342 e. The first-order chi connectivity index (χ1) is 14.3. The Morgan fingerprint density at radius 3 is 2.27 bits per heavy atom. The summed E-state index contributed by atoms with van der Waals surface area (Å²) in [4.78, 5) is 24.5. The smallest absolute Gasteiger partial charge is 0.251 e. The van der Waals surface area contributed by atoms with Gasteiger partial charge in [-0.15, -0.1) is 10.2 Å². The van der Waals surface area contributed by atoms with Crippen LogP contribution in [-0.2, 0) is 11.8 Å². The summed E-state index contributed by atoms with van der Waals surface area (Å²) < 4.78 is 1.76. The van der Waals surface area contributed by atoms with Gasteiger partial charge in [0.1, 0.15) is 0 Å². The molecule has 0 saturated carbocycles. The second-order valence-corrected chi connectivity index (χ2v) is 8.26. The fourth-order valence-corrected chi connectivity index (χ4v) is 3.61. The molecule has 1 atom stereocenters. The summed E-state index contributed by atoms with van der Waals surface area (Å²) in [6.45, 7) is 1.82. The molecular formula is C20H19Cl2N5O2S. The molecule has 1 heterocycles. The Bertz CT molecular complexity index is 1040. The van der Waals surface area contributed by atoms with Crippen LogP contribution < -0.4 is 10.6 Å². The normalized spacial score (nSPS) is 11.7. The first-order valence-corrected chi connectivity index (χ1v) is 10.7. The van der Waals surface area contributed by atoms with Crippen molar-refractivity contribution in [2.24, 2.45) is 7.05 Å². The number of nitrogens with one attached hydrogen (secondary N) is 2. The number of carbonyl (C=O) groups excluding carboxylic acids is 2. The molecule has 0 bridgehead atoms. The maximum absolute atomic E-state index is 12.4. The van der Waals surface area contributed by atoms with Crippen molar-refractivity contribution < 1.29 is 9.59 Å². The number of hydrogen-bond acceptors (Lipinski definition) is 5. The summed E-state index contributed by atoms with van der Waals surface area (Å²) in [5.41, 5.74) is 1.17. The van der Waals surface area contributed by atoms with E-state index in [1.165, 1.54) is 11.8 Å². The summed E-state index contributed by atoms with van der Waals surface area (Å²) >= 11 is 13.0. The highest BCUT2D eigenvalue weighted by Crippen LogP contribution is 2.20. The minimum atomic E-state index is -0.372. The number of carbonyl (C=O) groups is 2. The summed E-state index contributed by atoms with van der Waals surface area (Å²) in [5.74, 6) is 0.340. The molecule has 0 saturated heterocycles. The Morgan fingerprint density at radius 2 is 1.63 bits per heavy atom. The number of benzene rings is 2. The van der Waals surface area contributed by atoms with Crippen LogP contribution in [0.5, 0.6) is 0 Å². The summed E-state index contributed by atoms with van der Waals surface area (Å²) in [5, 5.41) is 15.7. The molecule has 0 unspecified atom stereocenters. The number of halogens is 2. The zero-order valence-electron chi connectivity index (χ0n) is 16.2. The van der Waals surface area contributed by atoms with Gasteiger partial charge in [-0.2, -0.15) is 0 Å². The number of nitrogens with zero attached hydrogens (tertiary/aromatic N) is 3. The molecule has 3 aromatic rings. The van der Waals surface area contributed by atoms with Crippen LogP contribution in [-0.4, -0.2) is 32.3 Å². The number of anilines is 1. The molecule has 3 rings (SSSR count). The van der Waals surface area contributed by atoms with E-state index in [-0.39, 0.29) is 23.6 Å². The molecule has 0 fully saturated rings. The Hall–Kier alpha value is -2.55. The maximum atomic E-state index is 12.4. The average molecular weight is 464 g/mol. The van der Waals surface area contributed by atoms with Crippen LogP contribution in [0.2, 0.25) is 10.0 Å². The van der Waals surface area contributed by atoms with Gasteiger partial charge in [-0.3, -0.25) is 9.59 Å². The van der Waals surface area contributed by atoms with Crippen molar-refractivity contribution in [2.45, 2.75) is 18.1 Å². The second-order valence-electron chi connectivity index (χ2n) is 6.45. The fourth-order valence-electron chi connectivity index (χ4n) is 2.64. The molecular weight excluding hydrogens is 445 g/mol. The Labute approximate surface area is 188 Å². The van der Waals surface area contributed by atoms with Gasteiger partial charge in [0.25, 0.3) is 5.91 Å². The van der Waals surface area contributed by atoms with Crippen LogP contribution in [0.15, 0.2) is 53.7 Å². The van der Waals surface area contributed by atoms with E-state index in [2.05, 4.69) is 20.8 Å². The predicted molar refractivity (Wildman–Crippen MR) is 119 cm³/mol. The number of rotatable bonds is 7. The van der Waals surface area contributed by atoms with E-state index in [4.69, 9.17) is 23.2 Å². The van der Waals surface area contributed by atoms with Crippen LogP contribution >= 0.6 is 35.0 Å². The maximum Gasteiger partial charge on any atom is 0.251 e. The van der Waals surface area contributed by atoms with Crippen molar-refractivity contribution in [2.75, 3.05) is 11.1 Å². The lowest BCUT2D eigenvalue weighted by atomic mass is 10.2. The van der Waals surface area contributed by atoms with E-state index in [9.17, 15) is 9.59 Å². The van der Waals surface area contributed by atoms with Gasteiger partial charge in [0.15, 0.2) is 11.0 Å². The van der Waals surface area contributed by atoms with Crippen molar-refractivity contribution in [3.05, 3.63) is 70.0 Å². The van der Waals surface area contributed by atoms with Crippen molar-refractivity contribution in [3.63, 3.8) is 0 Å². The Kier molecular flexibility index (Phi) is 7.36. The Morgan fingerprint density at radius 1 is 1.03 bits per heavy atom. The van der Waals surface area contributed by atoms with Crippen molar-refractivity contribution >= 4 is 52.5 Å². The molecule has 0 aliphatic heterocycles. The van der Waals surface area contributed by atoms with Gasteiger partial charge in [-0.05, 0) is 55.5 Å². The first-order valence-electron chi connectivity index (χ1n) is 8.97. The van der Waals surface area contributed by atoms with Crippen LogP contribution in [0, 0.1) is 0 Å². The Balaban J connectivity index is 1.56. The van der Waals surface area contributed by atoms with Crippen molar-refractivity contribution in [1.29, 1.82) is 0 Å². The number of amides is 2. The zero-order valence-corrected chi connectivity index (χ0v) is 18.6. The van der Waals surface area contributed by atoms with Gasteiger partial charge in [0, 0.05) is 28.3 Å². The highest BCUT2D eigenvalue weighted by molar-refractivity contribution is 7.99. The lowest BCUT2D eigenvalue weighted by molar-refractivity contribution is -0.113. The minimum Gasteiger partial charge on any atom is -0.342 e. The SMILES string of the molecule is C[C@H](NC(=O)c1ccc(Cl)cc1)c1nnc(SCC(=O)Nc2ccc(Cl)cc2)n1C. The molecule has 2 aromatic carbocycles. The summed E-state index contributed by atoms with van der Waals surface area (Å²) in [6.07, 6.45) is 0. The van der Waals surface area contributed by atoms with E-state index in [1.807, 2.05) is 6.92 Å². The highest BCUT2D eigenvalue weighted by atomic mass is 35.5. The lowest BCUT2D eigenvalue weighted by Crippen LogP contribution is -2.28. The van der Waals surface area contributed by atoms with E-state index < -0.39 is 0 Å². The third-order valence-corrected chi connectivity index (χ3v) is 5.69. The van der Waals surface area contributed by atoms with Crippen LogP contribution in [0.1, 0.15) is 29.1 Å². The third kappa shape index (κ3) is 5.75. The van der Waals surface area contributed by atoms with Gasteiger partial charge >= 0.3 is 0 Å². The zero-order chi connectivity index (χ0) is 21.7.